The van der Waals surface area contributed by atoms with Gasteiger partial charge in [0.05, 0.1) is 12.2 Å². The summed E-state index contributed by atoms with van der Waals surface area (Å²) in [5, 5.41) is 12.2. The first kappa shape index (κ1) is 13.4. The Kier molecular flexibility index (Phi) is 4.39. The second-order valence-electron chi connectivity index (χ2n) is 4.69. The molecule has 5 nitrogen and oxygen atoms in total. The van der Waals surface area contributed by atoms with Crippen LogP contribution in [0.2, 0.25) is 0 Å². The van der Waals surface area contributed by atoms with Crippen LogP contribution in [0.4, 0.5) is 5.69 Å². The molecule has 2 N–H and O–H groups in total. The number of phenolic OH excluding ortho intramolecular Hbond substituents is 1. The Hall–Kier alpha value is -2.04. The van der Waals surface area contributed by atoms with E-state index in [0.29, 0.717) is 18.7 Å². The number of para-hydroxylation sites is 2. The van der Waals surface area contributed by atoms with E-state index in [0.717, 1.165) is 19.3 Å². The minimum Gasteiger partial charge on any atom is -0.506 e. The third-order valence-corrected chi connectivity index (χ3v) is 3.18. The van der Waals surface area contributed by atoms with E-state index in [2.05, 4.69) is 5.32 Å². The van der Waals surface area contributed by atoms with Gasteiger partial charge in [-0.2, -0.15) is 0 Å². The van der Waals surface area contributed by atoms with Gasteiger partial charge >= 0.3 is 0 Å². The second-order valence-corrected chi connectivity index (χ2v) is 4.69. The number of carbonyl (C=O) groups excluding carboxylic acids is 2. The van der Waals surface area contributed by atoms with Crippen molar-refractivity contribution in [2.24, 2.45) is 0 Å². The molecule has 0 unspecified atom stereocenters. The van der Waals surface area contributed by atoms with Crippen LogP contribution in [0.3, 0.4) is 0 Å². The topological polar surface area (TPSA) is 69.6 Å². The molecule has 0 spiro atoms. The summed E-state index contributed by atoms with van der Waals surface area (Å²) in [6.45, 7) is 0.681. The average Bonchev–Trinajstić information content (AvgIpc) is 2.58. The van der Waals surface area contributed by atoms with Gasteiger partial charge in [-0.3, -0.25) is 9.59 Å². The smallest absolute Gasteiger partial charge is 0.244 e. The molecule has 1 heterocycles. The highest BCUT2D eigenvalue weighted by atomic mass is 16.3. The maximum atomic E-state index is 11.9. The van der Waals surface area contributed by atoms with Gasteiger partial charge in [0.2, 0.25) is 11.8 Å². The lowest BCUT2D eigenvalue weighted by atomic mass is 10.2. The van der Waals surface area contributed by atoms with Crippen molar-refractivity contribution in [2.75, 3.05) is 18.4 Å². The first-order valence-corrected chi connectivity index (χ1v) is 6.52. The van der Waals surface area contributed by atoms with Gasteiger partial charge in [0.15, 0.2) is 0 Å². The number of hydrogen-bond donors (Lipinski definition) is 2. The Balaban J connectivity index is 1.93. The minimum atomic E-state index is -0.281. The zero-order valence-electron chi connectivity index (χ0n) is 10.8. The van der Waals surface area contributed by atoms with Crippen LogP contribution in [0.15, 0.2) is 24.3 Å². The largest absolute Gasteiger partial charge is 0.506 e. The summed E-state index contributed by atoms with van der Waals surface area (Å²) >= 11 is 0. The Morgan fingerprint density at radius 2 is 2.05 bits per heavy atom. The highest BCUT2D eigenvalue weighted by molar-refractivity contribution is 5.95. The number of anilines is 1. The van der Waals surface area contributed by atoms with E-state index < -0.39 is 0 Å². The zero-order valence-corrected chi connectivity index (χ0v) is 10.8. The number of likely N-dealkylation sites (tertiary alicyclic amines) is 1. The minimum absolute atomic E-state index is 0.0260. The fraction of sp³-hybridized carbons (Fsp3) is 0.429. The van der Waals surface area contributed by atoms with Crippen LogP contribution < -0.4 is 5.32 Å². The highest BCUT2D eigenvalue weighted by Crippen LogP contribution is 2.21. The van der Waals surface area contributed by atoms with Crippen molar-refractivity contribution in [3.63, 3.8) is 0 Å². The number of nitrogens with zero attached hydrogens (tertiary/aromatic N) is 1. The molecule has 0 radical (unpaired) electrons. The van der Waals surface area contributed by atoms with Gasteiger partial charge in [-0.1, -0.05) is 18.6 Å². The number of nitrogens with one attached hydrogen (secondary N) is 1. The summed E-state index contributed by atoms with van der Waals surface area (Å²) in [4.78, 5) is 25.2. The maximum absolute atomic E-state index is 11.9. The van der Waals surface area contributed by atoms with Gasteiger partial charge in [-0.05, 0) is 25.0 Å². The van der Waals surface area contributed by atoms with Crippen molar-refractivity contribution in [1.82, 2.24) is 4.90 Å². The standard InChI is InChI=1S/C14H18N2O3/c17-12-7-4-3-6-11(12)15-13(18)10-16-9-5-1-2-8-14(16)19/h3-4,6-7,17H,1-2,5,8-10H2,(H,15,18). The summed E-state index contributed by atoms with van der Waals surface area (Å²) in [6.07, 6.45) is 3.39. The molecular weight excluding hydrogens is 244 g/mol. The maximum Gasteiger partial charge on any atom is 0.244 e. The quantitative estimate of drug-likeness (QED) is 0.815. The van der Waals surface area contributed by atoms with Crippen LogP contribution in [-0.2, 0) is 9.59 Å². The molecule has 5 heteroatoms. The molecule has 2 amide bonds. The fourth-order valence-corrected chi connectivity index (χ4v) is 2.15. The van der Waals surface area contributed by atoms with E-state index >= 15 is 0 Å². The molecule has 1 aromatic rings. The van der Waals surface area contributed by atoms with E-state index in [1.165, 1.54) is 6.07 Å². The zero-order chi connectivity index (χ0) is 13.7. The molecule has 19 heavy (non-hydrogen) atoms. The number of benzene rings is 1. The lowest BCUT2D eigenvalue weighted by Gasteiger charge is -2.19. The van der Waals surface area contributed by atoms with Crippen molar-refractivity contribution in [3.8, 4) is 5.75 Å². The van der Waals surface area contributed by atoms with E-state index in [1.807, 2.05) is 0 Å². The Morgan fingerprint density at radius 3 is 2.84 bits per heavy atom. The van der Waals surface area contributed by atoms with E-state index in [9.17, 15) is 14.7 Å². The molecule has 0 aromatic heterocycles. The summed E-state index contributed by atoms with van der Waals surface area (Å²) in [6, 6.07) is 6.54. The predicted octanol–water partition coefficient (Wildman–Crippen LogP) is 1.73. The third-order valence-electron chi connectivity index (χ3n) is 3.18. The van der Waals surface area contributed by atoms with Crippen LogP contribution in [0.1, 0.15) is 25.7 Å². The summed E-state index contributed by atoms with van der Waals surface area (Å²) in [5.74, 6) is -0.222. The molecule has 0 saturated carbocycles. The molecule has 102 valence electrons. The van der Waals surface area contributed by atoms with Gasteiger partial charge < -0.3 is 15.3 Å². The SMILES string of the molecule is O=C(CN1CCCCCC1=O)Nc1ccccc1O. The van der Waals surface area contributed by atoms with Gasteiger partial charge in [0.1, 0.15) is 5.75 Å². The summed E-state index contributed by atoms with van der Waals surface area (Å²) < 4.78 is 0. The molecular formula is C14H18N2O3. The summed E-state index contributed by atoms with van der Waals surface area (Å²) in [5.41, 5.74) is 0.370. The molecule has 2 rings (SSSR count). The molecule has 0 aliphatic carbocycles. The fourth-order valence-electron chi connectivity index (χ4n) is 2.15. The molecule has 0 bridgehead atoms. The van der Waals surface area contributed by atoms with Gasteiger partial charge in [0.25, 0.3) is 0 Å². The third kappa shape index (κ3) is 3.71. The number of aromatic hydroxyl groups is 1. The molecule has 1 aliphatic rings. The first-order chi connectivity index (χ1) is 9.16. The average molecular weight is 262 g/mol. The van der Waals surface area contributed by atoms with Crippen LogP contribution in [0.5, 0.6) is 5.75 Å². The number of amides is 2. The Morgan fingerprint density at radius 1 is 1.26 bits per heavy atom. The first-order valence-electron chi connectivity index (χ1n) is 6.52. The van der Waals surface area contributed by atoms with Crippen LogP contribution in [0.25, 0.3) is 0 Å². The van der Waals surface area contributed by atoms with Crippen molar-refractivity contribution >= 4 is 17.5 Å². The van der Waals surface area contributed by atoms with Gasteiger partial charge in [0, 0.05) is 13.0 Å². The van der Waals surface area contributed by atoms with Crippen LogP contribution in [-0.4, -0.2) is 34.9 Å². The highest BCUT2D eigenvalue weighted by Gasteiger charge is 2.19. The van der Waals surface area contributed by atoms with Crippen LogP contribution in [0, 0.1) is 0 Å². The Labute approximate surface area is 112 Å². The van der Waals surface area contributed by atoms with Crippen LogP contribution >= 0.6 is 0 Å². The number of carbonyl (C=O) groups is 2. The second kappa shape index (κ2) is 6.22. The lowest BCUT2D eigenvalue weighted by molar-refractivity contribution is -0.134. The number of phenols is 1. The van der Waals surface area contributed by atoms with Crippen molar-refractivity contribution in [1.29, 1.82) is 0 Å². The molecule has 1 saturated heterocycles. The lowest BCUT2D eigenvalue weighted by Crippen LogP contribution is -2.37. The van der Waals surface area contributed by atoms with E-state index in [4.69, 9.17) is 0 Å². The number of rotatable bonds is 3. The molecule has 1 aliphatic heterocycles. The monoisotopic (exact) mass is 262 g/mol. The van der Waals surface area contributed by atoms with Crippen molar-refractivity contribution in [3.05, 3.63) is 24.3 Å². The van der Waals surface area contributed by atoms with E-state index in [-0.39, 0.29) is 24.1 Å². The number of hydrogen-bond acceptors (Lipinski definition) is 3. The van der Waals surface area contributed by atoms with Crippen molar-refractivity contribution < 1.29 is 14.7 Å². The van der Waals surface area contributed by atoms with Gasteiger partial charge in [-0.25, -0.2) is 0 Å². The molecule has 1 fully saturated rings. The van der Waals surface area contributed by atoms with E-state index in [1.54, 1.807) is 23.1 Å². The summed E-state index contributed by atoms with van der Waals surface area (Å²) in [7, 11) is 0. The van der Waals surface area contributed by atoms with Crippen molar-refractivity contribution in [2.45, 2.75) is 25.7 Å². The molecule has 0 atom stereocenters. The molecule has 1 aromatic carbocycles. The predicted molar refractivity (Wildman–Crippen MR) is 71.8 cm³/mol. The normalized spacial score (nSPS) is 16.0. The Bertz CT molecular complexity index is 474. The van der Waals surface area contributed by atoms with Gasteiger partial charge in [-0.15, -0.1) is 0 Å².